The van der Waals surface area contributed by atoms with Gasteiger partial charge in [0.1, 0.15) is 11.4 Å². The van der Waals surface area contributed by atoms with Crippen LogP contribution in [0, 0.1) is 10.1 Å². The highest BCUT2D eigenvalue weighted by Gasteiger charge is 2.32. The van der Waals surface area contributed by atoms with E-state index >= 15 is 0 Å². The van der Waals surface area contributed by atoms with Gasteiger partial charge in [0, 0.05) is 0 Å². The minimum Gasteiger partial charge on any atom is -0.496 e. The number of nitro groups is 1. The first kappa shape index (κ1) is 17.3. The largest absolute Gasteiger partial charge is 0.496 e. The number of rotatable bonds is 3. The number of amides is 3. The second-order valence-electron chi connectivity index (χ2n) is 3.55. The highest BCUT2D eigenvalue weighted by molar-refractivity contribution is 6.76. The van der Waals surface area contributed by atoms with Crippen LogP contribution >= 0.6 is 34.8 Å². The fourth-order valence-corrected chi connectivity index (χ4v) is 1.36. The van der Waals surface area contributed by atoms with Gasteiger partial charge in [-0.05, 0) is 12.1 Å². The Morgan fingerprint density at radius 2 is 1.95 bits per heavy atom. The third-order valence-electron chi connectivity index (χ3n) is 2.13. The molecule has 0 atom stereocenters. The van der Waals surface area contributed by atoms with Crippen LogP contribution in [0.4, 0.5) is 16.2 Å². The first-order valence-electron chi connectivity index (χ1n) is 5.16. The molecule has 8 nitrogen and oxygen atoms in total. The molecular weight excluding hydrogens is 348 g/mol. The summed E-state index contributed by atoms with van der Waals surface area (Å²) in [5, 5.41) is 14.7. The van der Waals surface area contributed by atoms with Crippen LogP contribution in [0.1, 0.15) is 0 Å². The number of benzene rings is 1. The van der Waals surface area contributed by atoms with E-state index in [1.54, 1.807) is 5.32 Å². The highest BCUT2D eigenvalue weighted by atomic mass is 35.6. The Labute approximate surface area is 133 Å². The number of hydrogen-bond donors (Lipinski definition) is 2. The number of halogens is 3. The number of carbonyl (C=O) groups is 2. The van der Waals surface area contributed by atoms with Crippen molar-refractivity contribution in [3.63, 3.8) is 0 Å². The van der Waals surface area contributed by atoms with Crippen molar-refractivity contribution in [2.45, 2.75) is 3.79 Å². The van der Waals surface area contributed by atoms with E-state index < -0.39 is 26.3 Å². The van der Waals surface area contributed by atoms with Crippen molar-refractivity contribution in [1.82, 2.24) is 5.32 Å². The summed E-state index contributed by atoms with van der Waals surface area (Å²) in [6.45, 7) is 0. The lowest BCUT2D eigenvalue weighted by molar-refractivity contribution is -0.384. The Hall–Kier alpha value is -1.77. The maximum atomic E-state index is 11.5. The van der Waals surface area contributed by atoms with Crippen molar-refractivity contribution in [3.05, 3.63) is 28.3 Å². The summed E-state index contributed by atoms with van der Waals surface area (Å²) in [6, 6.07) is 2.64. The third-order valence-corrected chi connectivity index (χ3v) is 2.65. The van der Waals surface area contributed by atoms with Crippen LogP contribution in [0.25, 0.3) is 0 Å². The van der Waals surface area contributed by atoms with Crippen LogP contribution in [0.5, 0.6) is 5.75 Å². The monoisotopic (exact) mass is 355 g/mol. The van der Waals surface area contributed by atoms with Crippen LogP contribution in [0.2, 0.25) is 0 Å². The number of anilines is 1. The van der Waals surface area contributed by atoms with Crippen molar-refractivity contribution in [3.8, 4) is 5.75 Å². The second kappa shape index (κ2) is 6.79. The Kier molecular flexibility index (Phi) is 5.59. The number of ether oxygens (including phenoxy) is 1. The van der Waals surface area contributed by atoms with E-state index in [4.69, 9.17) is 39.5 Å². The van der Waals surface area contributed by atoms with Gasteiger partial charge in [-0.3, -0.25) is 20.2 Å². The summed E-state index contributed by atoms with van der Waals surface area (Å²) >= 11 is 15.8. The molecule has 0 spiro atoms. The van der Waals surface area contributed by atoms with E-state index in [1.807, 2.05) is 0 Å². The molecule has 11 heteroatoms. The number of nitrogens with one attached hydrogen (secondary N) is 2. The maximum absolute atomic E-state index is 11.5. The molecule has 2 N–H and O–H groups in total. The fourth-order valence-electron chi connectivity index (χ4n) is 1.22. The van der Waals surface area contributed by atoms with Crippen LogP contribution in [0.3, 0.4) is 0 Å². The molecule has 0 unspecified atom stereocenters. The molecule has 1 aromatic carbocycles. The Morgan fingerprint density at radius 1 is 1.33 bits per heavy atom. The third kappa shape index (κ3) is 4.92. The molecule has 0 fully saturated rings. The van der Waals surface area contributed by atoms with Gasteiger partial charge in [-0.25, -0.2) is 4.79 Å². The first-order valence-corrected chi connectivity index (χ1v) is 6.30. The highest BCUT2D eigenvalue weighted by Crippen LogP contribution is 2.29. The molecule has 0 aliphatic rings. The number of nitrogens with zero attached hydrogens (tertiary/aromatic N) is 1. The lowest BCUT2D eigenvalue weighted by Crippen LogP contribution is -2.41. The smallest absolute Gasteiger partial charge is 0.326 e. The molecule has 21 heavy (non-hydrogen) atoms. The predicted octanol–water partition coefficient (Wildman–Crippen LogP) is 2.62. The number of urea groups is 1. The molecule has 0 aromatic heterocycles. The molecule has 0 radical (unpaired) electrons. The summed E-state index contributed by atoms with van der Waals surface area (Å²) in [5.74, 6) is -0.966. The zero-order chi connectivity index (χ0) is 16.2. The van der Waals surface area contributed by atoms with Crippen molar-refractivity contribution in [2.24, 2.45) is 0 Å². The molecule has 3 amide bonds. The van der Waals surface area contributed by atoms with Crippen LogP contribution in [0.15, 0.2) is 18.2 Å². The van der Waals surface area contributed by atoms with E-state index in [1.165, 1.54) is 19.2 Å². The molecule has 0 aliphatic heterocycles. The summed E-state index contributed by atoms with van der Waals surface area (Å²) in [4.78, 5) is 33.0. The van der Waals surface area contributed by atoms with Crippen LogP contribution < -0.4 is 15.4 Å². The summed E-state index contributed by atoms with van der Waals surface area (Å²) < 4.78 is 2.50. The lowest BCUT2D eigenvalue weighted by atomic mass is 10.2. The number of hydrogen-bond acceptors (Lipinski definition) is 5. The van der Waals surface area contributed by atoms with Crippen LogP contribution in [-0.2, 0) is 4.79 Å². The van der Waals surface area contributed by atoms with Crippen molar-refractivity contribution >= 4 is 58.1 Å². The van der Waals surface area contributed by atoms with Gasteiger partial charge in [0.25, 0.3) is 15.4 Å². The van der Waals surface area contributed by atoms with Gasteiger partial charge < -0.3 is 10.1 Å². The molecule has 0 aliphatic carbocycles. The second-order valence-corrected chi connectivity index (χ2v) is 5.83. The average molecular weight is 357 g/mol. The molecular formula is C10H8Cl3N3O5. The quantitative estimate of drug-likeness (QED) is 0.491. The van der Waals surface area contributed by atoms with Gasteiger partial charge in [-0.1, -0.05) is 34.8 Å². The van der Waals surface area contributed by atoms with Crippen molar-refractivity contribution in [1.29, 1.82) is 0 Å². The lowest BCUT2D eigenvalue weighted by Gasteiger charge is -2.11. The van der Waals surface area contributed by atoms with Crippen LogP contribution in [-0.4, -0.2) is 27.8 Å². The molecule has 1 rings (SSSR count). The predicted molar refractivity (Wildman–Crippen MR) is 77.1 cm³/mol. The van der Waals surface area contributed by atoms with Gasteiger partial charge in [0.2, 0.25) is 0 Å². The SMILES string of the molecule is COc1ccc(NC(=O)NC(=O)C(Cl)(Cl)Cl)c([N+](=O)[O-])c1. The molecule has 114 valence electrons. The van der Waals surface area contributed by atoms with Gasteiger partial charge in [0.15, 0.2) is 0 Å². The van der Waals surface area contributed by atoms with E-state index in [0.29, 0.717) is 0 Å². The number of alkyl halides is 3. The Bertz CT molecular complexity index is 588. The normalized spacial score (nSPS) is 10.7. The maximum Gasteiger partial charge on any atom is 0.326 e. The van der Waals surface area contributed by atoms with Gasteiger partial charge >= 0.3 is 6.03 Å². The van der Waals surface area contributed by atoms with E-state index in [9.17, 15) is 19.7 Å². The van der Waals surface area contributed by atoms with E-state index in [-0.39, 0.29) is 11.4 Å². The number of nitro benzene ring substituents is 1. The number of carbonyl (C=O) groups excluding carboxylic acids is 2. The zero-order valence-corrected chi connectivity index (χ0v) is 12.6. The van der Waals surface area contributed by atoms with E-state index in [2.05, 4.69) is 5.32 Å². The molecule has 0 bridgehead atoms. The number of methoxy groups -OCH3 is 1. The molecule has 0 saturated heterocycles. The first-order chi connectivity index (χ1) is 9.65. The minimum atomic E-state index is -2.33. The number of imide groups is 1. The standard InChI is InChI=1S/C10H8Cl3N3O5/c1-21-5-2-3-6(7(4-5)16(19)20)14-9(18)15-8(17)10(11,12)13/h2-4H,1H3,(H2,14,15,17,18). The van der Waals surface area contributed by atoms with Crippen molar-refractivity contribution < 1.29 is 19.2 Å². The van der Waals surface area contributed by atoms with Gasteiger partial charge in [-0.2, -0.15) is 0 Å². The fraction of sp³-hybridized carbons (Fsp3) is 0.200. The topological polar surface area (TPSA) is 111 Å². The zero-order valence-electron chi connectivity index (χ0n) is 10.4. The van der Waals surface area contributed by atoms with Gasteiger partial charge in [0.05, 0.1) is 18.1 Å². The summed E-state index contributed by atoms with van der Waals surface area (Å²) in [6.07, 6.45) is 0. The van der Waals surface area contributed by atoms with Crippen molar-refractivity contribution in [2.75, 3.05) is 12.4 Å². The molecule has 0 saturated carbocycles. The van der Waals surface area contributed by atoms with E-state index in [0.717, 1.165) is 6.07 Å². The summed E-state index contributed by atoms with van der Waals surface area (Å²) in [7, 11) is 1.33. The molecule has 1 aromatic rings. The Balaban J connectivity index is 2.90. The minimum absolute atomic E-state index is 0.157. The Morgan fingerprint density at radius 3 is 2.43 bits per heavy atom. The average Bonchev–Trinajstić information content (AvgIpc) is 2.37. The van der Waals surface area contributed by atoms with Gasteiger partial charge in [-0.15, -0.1) is 0 Å². The summed E-state index contributed by atoms with van der Waals surface area (Å²) in [5.41, 5.74) is -0.582. The molecule has 0 heterocycles.